The number of hydrogen-bond donors (Lipinski definition) is 3. The summed E-state index contributed by atoms with van der Waals surface area (Å²) >= 11 is 3.19. The van der Waals surface area contributed by atoms with Crippen molar-refractivity contribution in [1.82, 2.24) is 4.72 Å². The summed E-state index contributed by atoms with van der Waals surface area (Å²) in [4.78, 5) is 0.0989. The molecule has 18 heavy (non-hydrogen) atoms. The minimum atomic E-state index is -3.72. The van der Waals surface area contributed by atoms with Gasteiger partial charge in [-0.25, -0.2) is 13.1 Å². The van der Waals surface area contributed by atoms with E-state index in [0.717, 1.165) is 5.56 Å². The Kier molecular flexibility index (Phi) is 4.90. The van der Waals surface area contributed by atoms with Crippen LogP contribution in [0.15, 0.2) is 27.6 Å². The van der Waals surface area contributed by atoms with Gasteiger partial charge in [0.15, 0.2) is 0 Å². The van der Waals surface area contributed by atoms with Crippen molar-refractivity contribution in [2.24, 2.45) is 0 Å². The Bertz CT molecular complexity index is 528. The Morgan fingerprint density at radius 1 is 1.44 bits per heavy atom. The number of benzene rings is 1. The molecule has 0 aliphatic heterocycles. The van der Waals surface area contributed by atoms with Gasteiger partial charge in [-0.05, 0) is 47.5 Å². The third-order valence-electron chi connectivity index (χ3n) is 2.36. The van der Waals surface area contributed by atoms with Crippen LogP contribution in [0.2, 0.25) is 0 Å². The van der Waals surface area contributed by atoms with Gasteiger partial charge in [0, 0.05) is 11.0 Å². The highest BCUT2D eigenvalue weighted by Gasteiger charge is 2.24. The quantitative estimate of drug-likeness (QED) is 0.741. The van der Waals surface area contributed by atoms with E-state index in [1.807, 2.05) is 6.92 Å². The predicted molar refractivity (Wildman–Crippen MR) is 71.8 cm³/mol. The molecule has 0 saturated carbocycles. The average Bonchev–Trinajstić information content (AvgIpc) is 2.26. The molecule has 0 aliphatic rings. The maximum absolute atomic E-state index is 12.0. The molecule has 102 valence electrons. The van der Waals surface area contributed by atoms with Gasteiger partial charge in [-0.15, -0.1) is 0 Å². The SMILES string of the molecule is Cc1ccc(S(=O)(=O)NCC(C)(O)CO)c(Br)c1. The second-order valence-corrected chi connectivity index (χ2v) is 7.00. The predicted octanol–water partition coefficient (Wildman–Crippen LogP) is 0.779. The molecular weight excluding hydrogens is 322 g/mol. The molecular formula is C11H16BrNO4S. The fourth-order valence-corrected chi connectivity index (χ4v) is 3.56. The molecule has 3 N–H and O–H groups in total. The number of aliphatic hydroxyl groups is 2. The molecule has 7 heteroatoms. The fraction of sp³-hybridized carbons (Fsp3) is 0.455. The van der Waals surface area contributed by atoms with Crippen molar-refractivity contribution in [1.29, 1.82) is 0 Å². The first-order valence-corrected chi connectivity index (χ1v) is 7.55. The van der Waals surface area contributed by atoms with Crippen LogP contribution in [0.5, 0.6) is 0 Å². The van der Waals surface area contributed by atoms with Crippen LogP contribution in [0.1, 0.15) is 12.5 Å². The lowest BCUT2D eigenvalue weighted by Crippen LogP contribution is -2.43. The van der Waals surface area contributed by atoms with Crippen molar-refractivity contribution in [2.75, 3.05) is 13.2 Å². The largest absolute Gasteiger partial charge is 0.393 e. The van der Waals surface area contributed by atoms with Gasteiger partial charge in [-0.2, -0.15) is 0 Å². The Balaban J connectivity index is 2.94. The first kappa shape index (κ1) is 15.6. The van der Waals surface area contributed by atoms with Crippen LogP contribution in [0.3, 0.4) is 0 Å². The van der Waals surface area contributed by atoms with Crippen molar-refractivity contribution in [3.63, 3.8) is 0 Å². The molecule has 0 radical (unpaired) electrons. The maximum atomic E-state index is 12.0. The summed E-state index contributed by atoms with van der Waals surface area (Å²) in [6.45, 7) is 2.42. The lowest BCUT2D eigenvalue weighted by atomic mass is 10.1. The highest BCUT2D eigenvalue weighted by molar-refractivity contribution is 9.10. The highest BCUT2D eigenvalue weighted by Crippen LogP contribution is 2.23. The number of nitrogens with one attached hydrogen (secondary N) is 1. The van der Waals surface area contributed by atoms with Crippen LogP contribution in [-0.4, -0.2) is 37.4 Å². The number of aryl methyl sites for hydroxylation is 1. The molecule has 0 aliphatic carbocycles. The summed E-state index contributed by atoms with van der Waals surface area (Å²) in [5, 5.41) is 18.4. The van der Waals surface area contributed by atoms with Gasteiger partial charge in [0.1, 0.15) is 0 Å². The van der Waals surface area contributed by atoms with Crippen LogP contribution in [-0.2, 0) is 10.0 Å². The summed E-state index contributed by atoms with van der Waals surface area (Å²) in [7, 11) is -3.72. The molecule has 0 amide bonds. The lowest BCUT2D eigenvalue weighted by molar-refractivity contribution is 0.00681. The van der Waals surface area contributed by atoms with Crippen LogP contribution < -0.4 is 4.72 Å². The summed E-state index contributed by atoms with van der Waals surface area (Å²) in [5.41, 5.74) is -0.548. The second kappa shape index (κ2) is 5.66. The molecule has 5 nitrogen and oxygen atoms in total. The van der Waals surface area contributed by atoms with Crippen molar-refractivity contribution in [2.45, 2.75) is 24.3 Å². The van der Waals surface area contributed by atoms with Gasteiger partial charge in [-0.3, -0.25) is 0 Å². The zero-order valence-corrected chi connectivity index (χ0v) is 12.5. The Labute approximate surface area is 115 Å². The van der Waals surface area contributed by atoms with E-state index >= 15 is 0 Å². The van der Waals surface area contributed by atoms with Crippen LogP contribution in [0, 0.1) is 6.92 Å². The van der Waals surface area contributed by atoms with Gasteiger partial charge in [0.2, 0.25) is 10.0 Å². The third kappa shape index (κ3) is 4.03. The van der Waals surface area contributed by atoms with Gasteiger partial charge in [-0.1, -0.05) is 6.07 Å². The minimum Gasteiger partial charge on any atom is -0.393 e. The van der Waals surface area contributed by atoms with E-state index < -0.39 is 22.2 Å². The molecule has 0 aromatic heterocycles. The number of sulfonamides is 1. The molecule has 1 unspecified atom stereocenters. The molecule has 0 spiro atoms. The number of hydrogen-bond acceptors (Lipinski definition) is 4. The molecule has 1 aromatic carbocycles. The van der Waals surface area contributed by atoms with E-state index in [9.17, 15) is 13.5 Å². The second-order valence-electron chi connectivity index (χ2n) is 4.41. The topological polar surface area (TPSA) is 86.6 Å². The van der Waals surface area contributed by atoms with Crippen molar-refractivity contribution in [3.8, 4) is 0 Å². The molecule has 0 fully saturated rings. The molecule has 0 bridgehead atoms. The molecule has 1 aromatic rings. The summed E-state index contributed by atoms with van der Waals surface area (Å²) < 4.78 is 26.7. The lowest BCUT2D eigenvalue weighted by Gasteiger charge is -2.20. The summed E-state index contributed by atoms with van der Waals surface area (Å²) in [6, 6.07) is 4.86. The van der Waals surface area contributed by atoms with Crippen molar-refractivity contribution in [3.05, 3.63) is 28.2 Å². The van der Waals surface area contributed by atoms with Crippen LogP contribution in [0.25, 0.3) is 0 Å². The van der Waals surface area contributed by atoms with Crippen molar-refractivity contribution < 1.29 is 18.6 Å². The number of halogens is 1. The molecule has 1 atom stereocenters. The van der Waals surface area contributed by atoms with E-state index in [1.165, 1.54) is 13.0 Å². The Morgan fingerprint density at radius 3 is 2.56 bits per heavy atom. The standard InChI is InChI=1S/C11H16BrNO4S/c1-8-3-4-10(9(12)5-8)18(16,17)13-6-11(2,15)7-14/h3-5,13-15H,6-7H2,1-2H3. The Hall–Kier alpha value is -0.470. The first-order valence-electron chi connectivity index (χ1n) is 5.27. The minimum absolute atomic E-state index is 0.0989. The molecule has 0 heterocycles. The van der Waals surface area contributed by atoms with E-state index in [-0.39, 0.29) is 11.4 Å². The van der Waals surface area contributed by atoms with Gasteiger partial charge in [0.25, 0.3) is 0 Å². The van der Waals surface area contributed by atoms with Gasteiger partial charge < -0.3 is 10.2 Å². The van der Waals surface area contributed by atoms with Gasteiger partial charge >= 0.3 is 0 Å². The normalized spacial score (nSPS) is 15.4. The van der Waals surface area contributed by atoms with E-state index in [0.29, 0.717) is 4.47 Å². The number of aliphatic hydroxyl groups excluding tert-OH is 1. The monoisotopic (exact) mass is 337 g/mol. The summed E-state index contributed by atoms with van der Waals surface area (Å²) in [6.07, 6.45) is 0. The zero-order valence-electron chi connectivity index (χ0n) is 10.1. The van der Waals surface area contributed by atoms with Gasteiger partial charge in [0.05, 0.1) is 17.1 Å². The Morgan fingerprint density at radius 2 is 2.06 bits per heavy atom. The smallest absolute Gasteiger partial charge is 0.241 e. The van der Waals surface area contributed by atoms with E-state index in [4.69, 9.17) is 5.11 Å². The average molecular weight is 338 g/mol. The number of rotatable bonds is 5. The summed E-state index contributed by atoms with van der Waals surface area (Å²) in [5.74, 6) is 0. The zero-order chi connectivity index (χ0) is 14.0. The first-order chi connectivity index (χ1) is 8.18. The molecule has 0 saturated heterocycles. The van der Waals surface area contributed by atoms with Crippen LogP contribution >= 0.6 is 15.9 Å². The van der Waals surface area contributed by atoms with Crippen LogP contribution in [0.4, 0.5) is 0 Å². The maximum Gasteiger partial charge on any atom is 0.241 e. The van der Waals surface area contributed by atoms with E-state index in [2.05, 4.69) is 20.7 Å². The highest BCUT2D eigenvalue weighted by atomic mass is 79.9. The van der Waals surface area contributed by atoms with E-state index in [1.54, 1.807) is 12.1 Å². The third-order valence-corrected chi connectivity index (χ3v) is 4.74. The fourth-order valence-electron chi connectivity index (χ4n) is 1.21. The molecule has 1 rings (SSSR count). The van der Waals surface area contributed by atoms with Crippen molar-refractivity contribution >= 4 is 26.0 Å².